The Balaban J connectivity index is 1.77. The molecule has 2 aliphatic rings. The number of hydrogen-bond donors (Lipinski definition) is 0. The Labute approximate surface area is 137 Å². The standard InChI is InChI=1S/C19H26FNO2/c1-13-10-15(6-7-17(13)20)16(14-4-5-14)11-18(22)21-8-9-23-12-19(21,2)3/h6-7,10,14,16H,4-5,8-9,11-12H2,1-3H3. The molecule has 1 amide bonds. The number of ether oxygens (including phenoxy) is 1. The van der Waals surface area contributed by atoms with E-state index in [4.69, 9.17) is 4.74 Å². The van der Waals surface area contributed by atoms with Crippen LogP contribution in [-0.2, 0) is 9.53 Å². The summed E-state index contributed by atoms with van der Waals surface area (Å²) in [6.07, 6.45) is 2.85. The molecule has 1 unspecified atom stereocenters. The SMILES string of the molecule is Cc1cc(C(CC(=O)N2CCOCC2(C)C)C2CC2)ccc1F. The minimum Gasteiger partial charge on any atom is -0.377 e. The Hall–Kier alpha value is -1.42. The third kappa shape index (κ3) is 3.57. The Morgan fingerprint density at radius 3 is 2.78 bits per heavy atom. The van der Waals surface area contributed by atoms with Crippen molar-refractivity contribution in [2.45, 2.75) is 51.5 Å². The van der Waals surface area contributed by atoms with E-state index >= 15 is 0 Å². The highest BCUT2D eigenvalue weighted by Gasteiger charge is 2.38. The molecule has 1 heterocycles. The summed E-state index contributed by atoms with van der Waals surface area (Å²) in [5.41, 5.74) is 1.51. The van der Waals surface area contributed by atoms with Gasteiger partial charge in [-0.25, -0.2) is 4.39 Å². The van der Waals surface area contributed by atoms with Crippen molar-refractivity contribution in [3.63, 3.8) is 0 Å². The molecule has 23 heavy (non-hydrogen) atoms. The van der Waals surface area contributed by atoms with Crippen molar-refractivity contribution in [2.24, 2.45) is 5.92 Å². The van der Waals surface area contributed by atoms with Gasteiger partial charge in [0.05, 0.1) is 18.8 Å². The van der Waals surface area contributed by atoms with Crippen LogP contribution >= 0.6 is 0 Å². The Kier molecular flexibility index (Phi) is 4.45. The summed E-state index contributed by atoms with van der Waals surface area (Å²) in [6.45, 7) is 7.75. The second-order valence-corrected chi connectivity index (χ2v) is 7.57. The quantitative estimate of drug-likeness (QED) is 0.848. The highest BCUT2D eigenvalue weighted by Crippen LogP contribution is 2.45. The maximum absolute atomic E-state index is 13.5. The predicted octanol–water partition coefficient (Wildman–Crippen LogP) is 3.66. The zero-order valence-electron chi connectivity index (χ0n) is 14.3. The predicted molar refractivity (Wildman–Crippen MR) is 87.8 cm³/mol. The first-order valence-corrected chi connectivity index (χ1v) is 8.53. The normalized spacial score (nSPS) is 22.0. The summed E-state index contributed by atoms with van der Waals surface area (Å²) in [5.74, 6) is 0.787. The van der Waals surface area contributed by atoms with Gasteiger partial charge in [0.2, 0.25) is 5.91 Å². The molecule has 1 aromatic carbocycles. The first kappa shape index (κ1) is 16.4. The van der Waals surface area contributed by atoms with Crippen LogP contribution in [0.2, 0.25) is 0 Å². The lowest BCUT2D eigenvalue weighted by Gasteiger charge is -2.42. The number of halogens is 1. The van der Waals surface area contributed by atoms with Crippen LogP contribution in [0, 0.1) is 18.7 Å². The van der Waals surface area contributed by atoms with Gasteiger partial charge in [0.1, 0.15) is 5.82 Å². The number of hydrogen-bond acceptors (Lipinski definition) is 2. The summed E-state index contributed by atoms with van der Waals surface area (Å²) in [7, 11) is 0. The van der Waals surface area contributed by atoms with Crippen LogP contribution in [0.25, 0.3) is 0 Å². The number of nitrogens with zero attached hydrogens (tertiary/aromatic N) is 1. The number of benzene rings is 1. The average Bonchev–Trinajstić information content (AvgIpc) is 3.31. The molecule has 126 valence electrons. The third-order valence-corrected chi connectivity index (χ3v) is 5.14. The van der Waals surface area contributed by atoms with Crippen LogP contribution < -0.4 is 0 Å². The fourth-order valence-electron chi connectivity index (χ4n) is 3.57. The van der Waals surface area contributed by atoms with E-state index in [1.165, 1.54) is 18.9 Å². The maximum atomic E-state index is 13.5. The molecule has 2 fully saturated rings. The minimum absolute atomic E-state index is 0.177. The first-order chi connectivity index (χ1) is 10.9. The molecule has 1 saturated carbocycles. The summed E-state index contributed by atoms with van der Waals surface area (Å²) >= 11 is 0. The molecule has 0 aromatic heterocycles. The van der Waals surface area contributed by atoms with Gasteiger partial charge in [0.15, 0.2) is 0 Å². The highest BCUT2D eigenvalue weighted by molar-refractivity contribution is 5.78. The van der Waals surface area contributed by atoms with Gasteiger partial charge in [0, 0.05) is 13.0 Å². The van der Waals surface area contributed by atoms with E-state index in [1.54, 1.807) is 6.92 Å². The van der Waals surface area contributed by atoms with Crippen LogP contribution in [0.5, 0.6) is 0 Å². The van der Waals surface area contributed by atoms with Crippen molar-refractivity contribution in [3.8, 4) is 0 Å². The van der Waals surface area contributed by atoms with Crippen LogP contribution in [0.1, 0.15) is 50.2 Å². The van der Waals surface area contributed by atoms with Gasteiger partial charge in [-0.15, -0.1) is 0 Å². The van der Waals surface area contributed by atoms with Gasteiger partial charge in [0.25, 0.3) is 0 Å². The maximum Gasteiger partial charge on any atom is 0.223 e. The molecule has 0 spiro atoms. The van der Waals surface area contributed by atoms with Crippen molar-refractivity contribution >= 4 is 5.91 Å². The average molecular weight is 319 g/mol. The third-order valence-electron chi connectivity index (χ3n) is 5.14. The number of aryl methyl sites for hydroxylation is 1. The summed E-state index contributed by atoms with van der Waals surface area (Å²) < 4.78 is 19.1. The Morgan fingerprint density at radius 1 is 1.43 bits per heavy atom. The van der Waals surface area contributed by atoms with Gasteiger partial charge in [-0.2, -0.15) is 0 Å². The summed E-state index contributed by atoms with van der Waals surface area (Å²) in [4.78, 5) is 14.8. The Morgan fingerprint density at radius 2 is 2.17 bits per heavy atom. The van der Waals surface area contributed by atoms with Crippen LogP contribution in [0.4, 0.5) is 4.39 Å². The Bertz CT molecular complexity index is 595. The first-order valence-electron chi connectivity index (χ1n) is 8.53. The molecule has 3 nitrogen and oxygen atoms in total. The zero-order valence-corrected chi connectivity index (χ0v) is 14.3. The second kappa shape index (κ2) is 6.23. The fourth-order valence-corrected chi connectivity index (χ4v) is 3.57. The van der Waals surface area contributed by atoms with Crippen LogP contribution in [0.3, 0.4) is 0 Å². The number of rotatable bonds is 4. The molecule has 1 atom stereocenters. The number of amides is 1. The number of carbonyl (C=O) groups is 1. The van der Waals surface area contributed by atoms with Gasteiger partial charge >= 0.3 is 0 Å². The monoisotopic (exact) mass is 319 g/mol. The van der Waals surface area contributed by atoms with E-state index in [-0.39, 0.29) is 23.2 Å². The molecule has 1 aliphatic carbocycles. The molecule has 4 heteroatoms. The lowest BCUT2D eigenvalue weighted by atomic mass is 9.88. The van der Waals surface area contributed by atoms with Gasteiger partial charge in [-0.1, -0.05) is 12.1 Å². The van der Waals surface area contributed by atoms with E-state index < -0.39 is 0 Å². The molecular weight excluding hydrogens is 293 g/mol. The molecule has 0 bridgehead atoms. The van der Waals surface area contributed by atoms with Crippen LogP contribution in [0.15, 0.2) is 18.2 Å². The number of carbonyl (C=O) groups excluding carboxylic acids is 1. The molecular formula is C19H26FNO2. The largest absolute Gasteiger partial charge is 0.377 e. The molecule has 1 saturated heterocycles. The van der Waals surface area contributed by atoms with E-state index in [9.17, 15) is 9.18 Å². The van der Waals surface area contributed by atoms with E-state index in [0.717, 1.165) is 5.56 Å². The van der Waals surface area contributed by atoms with Crippen LogP contribution in [-0.4, -0.2) is 36.1 Å². The minimum atomic E-state index is -0.248. The van der Waals surface area contributed by atoms with Crippen molar-refractivity contribution in [1.29, 1.82) is 0 Å². The van der Waals surface area contributed by atoms with Crippen molar-refractivity contribution in [1.82, 2.24) is 4.90 Å². The fraction of sp³-hybridized carbons (Fsp3) is 0.632. The van der Waals surface area contributed by atoms with Crippen molar-refractivity contribution in [2.75, 3.05) is 19.8 Å². The van der Waals surface area contributed by atoms with Crippen molar-refractivity contribution < 1.29 is 13.9 Å². The van der Waals surface area contributed by atoms with Crippen molar-refractivity contribution in [3.05, 3.63) is 35.1 Å². The lowest BCUT2D eigenvalue weighted by Crippen LogP contribution is -2.55. The van der Waals surface area contributed by atoms with E-state index in [1.807, 2.05) is 17.0 Å². The van der Waals surface area contributed by atoms with E-state index in [2.05, 4.69) is 13.8 Å². The van der Waals surface area contributed by atoms with Gasteiger partial charge < -0.3 is 9.64 Å². The molecule has 0 radical (unpaired) electrons. The molecule has 1 aliphatic heterocycles. The summed E-state index contributed by atoms with van der Waals surface area (Å²) in [5, 5.41) is 0. The molecule has 1 aromatic rings. The summed E-state index contributed by atoms with van der Waals surface area (Å²) in [6, 6.07) is 5.29. The topological polar surface area (TPSA) is 29.5 Å². The second-order valence-electron chi connectivity index (χ2n) is 7.57. The molecule has 3 rings (SSSR count). The molecule has 0 N–H and O–H groups in total. The zero-order chi connectivity index (χ0) is 16.6. The van der Waals surface area contributed by atoms with Gasteiger partial charge in [-0.3, -0.25) is 4.79 Å². The van der Waals surface area contributed by atoms with E-state index in [0.29, 0.717) is 37.7 Å². The number of morpholine rings is 1. The highest BCUT2D eigenvalue weighted by atomic mass is 19.1. The van der Waals surface area contributed by atoms with Gasteiger partial charge in [-0.05, 0) is 62.6 Å². The lowest BCUT2D eigenvalue weighted by molar-refractivity contribution is -0.146. The smallest absolute Gasteiger partial charge is 0.223 e.